The highest BCUT2D eigenvalue weighted by Gasteiger charge is 2.09. The van der Waals surface area contributed by atoms with Gasteiger partial charge in [-0.15, -0.1) is 23.1 Å². The van der Waals surface area contributed by atoms with Crippen molar-refractivity contribution in [2.24, 2.45) is 11.8 Å². The molecule has 2 rings (SSSR count). The Balaban J connectivity index is 0.000000391. The first-order valence-electron chi connectivity index (χ1n) is 14.4. The SMILES string of the molecule is CCCCC(CC)CCC(=O)C#Cc1cscc1SC.CCCCC(CC)CNC(=O)C#Cc1cscc1C. The third kappa shape index (κ3) is 15.4. The maximum atomic E-state index is 11.9. The molecule has 0 radical (unpaired) electrons. The Labute approximate surface area is 250 Å². The fraction of sp³-hybridized carbons (Fsp3) is 0.576. The number of amides is 1. The molecule has 0 saturated heterocycles. The molecular formula is C33H47NO2S3. The average Bonchev–Trinajstić information content (AvgIpc) is 3.59. The maximum absolute atomic E-state index is 11.9. The lowest BCUT2D eigenvalue weighted by Crippen LogP contribution is -2.27. The molecule has 0 aromatic carbocycles. The second-order valence-electron chi connectivity index (χ2n) is 9.83. The van der Waals surface area contributed by atoms with Gasteiger partial charge in [0.25, 0.3) is 5.91 Å². The number of Topliss-reactive ketones (excluding diaryl/α,β-unsaturated/α-hetero) is 1. The molecule has 3 nitrogen and oxygen atoms in total. The molecule has 214 valence electrons. The van der Waals surface area contributed by atoms with Crippen LogP contribution in [0.2, 0.25) is 0 Å². The first-order valence-corrected chi connectivity index (χ1v) is 17.5. The predicted molar refractivity (Wildman–Crippen MR) is 173 cm³/mol. The minimum atomic E-state index is -0.166. The summed E-state index contributed by atoms with van der Waals surface area (Å²) in [4.78, 5) is 24.7. The highest BCUT2D eigenvalue weighted by molar-refractivity contribution is 7.98. The zero-order chi connectivity index (χ0) is 28.9. The number of unbranched alkanes of at least 4 members (excludes halogenated alkanes) is 2. The molecule has 2 unspecified atom stereocenters. The molecule has 0 bridgehead atoms. The summed E-state index contributed by atoms with van der Waals surface area (Å²) in [7, 11) is 0. The van der Waals surface area contributed by atoms with E-state index in [1.807, 2.05) is 29.3 Å². The van der Waals surface area contributed by atoms with E-state index in [1.54, 1.807) is 34.4 Å². The van der Waals surface area contributed by atoms with Crippen LogP contribution in [0, 0.1) is 42.4 Å². The summed E-state index contributed by atoms with van der Waals surface area (Å²) < 4.78 is 0. The van der Waals surface area contributed by atoms with Crippen molar-refractivity contribution >= 4 is 46.1 Å². The molecule has 2 atom stereocenters. The van der Waals surface area contributed by atoms with Crippen LogP contribution in [0.25, 0.3) is 0 Å². The molecule has 0 aliphatic carbocycles. The number of hydrogen-bond acceptors (Lipinski definition) is 5. The van der Waals surface area contributed by atoms with Gasteiger partial charge in [0.05, 0.1) is 0 Å². The lowest BCUT2D eigenvalue weighted by molar-refractivity contribution is -0.116. The lowest BCUT2D eigenvalue weighted by Gasteiger charge is -2.13. The lowest BCUT2D eigenvalue weighted by atomic mass is 9.93. The van der Waals surface area contributed by atoms with Gasteiger partial charge >= 0.3 is 0 Å². The number of nitrogens with one attached hydrogen (secondary N) is 1. The van der Waals surface area contributed by atoms with Gasteiger partial charge in [0.15, 0.2) is 0 Å². The maximum Gasteiger partial charge on any atom is 0.296 e. The molecule has 39 heavy (non-hydrogen) atoms. The van der Waals surface area contributed by atoms with Crippen LogP contribution in [0.5, 0.6) is 0 Å². The van der Waals surface area contributed by atoms with Gasteiger partial charge in [-0.05, 0) is 54.7 Å². The van der Waals surface area contributed by atoms with Crippen molar-refractivity contribution in [1.29, 1.82) is 0 Å². The van der Waals surface area contributed by atoms with Crippen LogP contribution < -0.4 is 5.32 Å². The Morgan fingerprint density at radius 2 is 1.46 bits per heavy atom. The number of rotatable bonds is 14. The molecule has 2 heterocycles. The van der Waals surface area contributed by atoms with Crippen molar-refractivity contribution in [2.75, 3.05) is 12.8 Å². The Morgan fingerprint density at radius 1 is 0.846 bits per heavy atom. The molecule has 1 amide bonds. The third-order valence-corrected chi connectivity index (χ3v) is 9.30. The monoisotopic (exact) mass is 585 g/mol. The standard InChI is InChI=1S/C17H24OS2.C16H23NOS/c1-4-6-7-14(5-2)8-10-16(18)11-9-15-12-20-13-17(15)19-3;1-4-6-7-14(5-2)10-17-16(18)9-8-15-12-19-11-13(15)3/h12-14H,4-8,10H2,1-3H3;11-12,14H,4-7,10H2,1-3H3,(H,17,18). The van der Waals surface area contributed by atoms with Crippen LogP contribution in [-0.2, 0) is 9.59 Å². The van der Waals surface area contributed by atoms with Crippen LogP contribution in [0.15, 0.2) is 26.4 Å². The van der Waals surface area contributed by atoms with Crippen LogP contribution >= 0.6 is 34.4 Å². The number of thiophene rings is 2. The van der Waals surface area contributed by atoms with Gasteiger partial charge in [0.2, 0.25) is 5.78 Å². The summed E-state index contributed by atoms with van der Waals surface area (Å²) in [5.74, 6) is 12.6. The average molecular weight is 586 g/mol. The smallest absolute Gasteiger partial charge is 0.296 e. The number of hydrogen-bond donors (Lipinski definition) is 1. The Bertz CT molecular complexity index is 1090. The van der Waals surface area contributed by atoms with Crippen molar-refractivity contribution in [3.63, 3.8) is 0 Å². The predicted octanol–water partition coefficient (Wildman–Crippen LogP) is 9.13. The van der Waals surface area contributed by atoms with Crippen molar-refractivity contribution in [1.82, 2.24) is 5.32 Å². The number of aryl methyl sites for hydroxylation is 1. The van der Waals surface area contributed by atoms with Crippen LogP contribution in [0.4, 0.5) is 0 Å². The van der Waals surface area contributed by atoms with Crippen LogP contribution in [0.3, 0.4) is 0 Å². The highest BCUT2D eigenvalue weighted by Crippen LogP contribution is 2.23. The number of carbonyl (C=O) groups excluding carboxylic acids is 2. The second kappa shape index (κ2) is 21.8. The molecule has 1 N–H and O–H groups in total. The van der Waals surface area contributed by atoms with Gasteiger partial charge in [-0.1, -0.05) is 84.5 Å². The molecule has 0 spiro atoms. The van der Waals surface area contributed by atoms with E-state index in [0.717, 1.165) is 36.1 Å². The second-order valence-corrected chi connectivity index (χ2v) is 12.2. The van der Waals surface area contributed by atoms with Crippen molar-refractivity contribution in [3.05, 3.63) is 38.2 Å². The Kier molecular flexibility index (Phi) is 19.6. The summed E-state index contributed by atoms with van der Waals surface area (Å²) in [6.07, 6.45) is 13.3. The molecule has 0 aliphatic heterocycles. The van der Waals surface area contributed by atoms with Gasteiger partial charge in [-0.2, -0.15) is 11.3 Å². The quantitative estimate of drug-likeness (QED) is 0.178. The van der Waals surface area contributed by atoms with Gasteiger partial charge in [-0.25, -0.2) is 0 Å². The van der Waals surface area contributed by atoms with E-state index < -0.39 is 0 Å². The zero-order valence-corrected chi connectivity index (χ0v) is 27.2. The largest absolute Gasteiger partial charge is 0.345 e. The highest BCUT2D eigenvalue weighted by atomic mass is 32.2. The third-order valence-electron chi connectivity index (χ3n) is 6.77. The number of ketones is 1. The van der Waals surface area contributed by atoms with E-state index in [9.17, 15) is 9.59 Å². The van der Waals surface area contributed by atoms with Crippen molar-refractivity contribution in [3.8, 4) is 23.7 Å². The summed E-state index contributed by atoms with van der Waals surface area (Å²) in [5, 5.41) is 11.0. The molecule has 2 aromatic heterocycles. The van der Waals surface area contributed by atoms with E-state index >= 15 is 0 Å². The summed E-state index contributed by atoms with van der Waals surface area (Å²) in [5.41, 5.74) is 3.09. The first kappa shape index (κ1) is 35.0. The molecule has 0 fully saturated rings. The van der Waals surface area contributed by atoms with E-state index in [1.165, 1.54) is 49.8 Å². The first-order chi connectivity index (χ1) is 18.9. The minimum absolute atomic E-state index is 0.0817. The van der Waals surface area contributed by atoms with Gasteiger partial charge in [0.1, 0.15) is 0 Å². The fourth-order valence-corrected chi connectivity index (χ4v) is 6.33. The van der Waals surface area contributed by atoms with Gasteiger partial charge < -0.3 is 5.32 Å². The summed E-state index contributed by atoms with van der Waals surface area (Å²) in [6.45, 7) is 11.6. The van der Waals surface area contributed by atoms with Gasteiger partial charge in [0, 0.05) is 51.0 Å². The molecule has 0 aliphatic rings. The molecule has 2 aromatic rings. The van der Waals surface area contributed by atoms with Crippen LogP contribution in [-0.4, -0.2) is 24.5 Å². The van der Waals surface area contributed by atoms with Crippen molar-refractivity contribution < 1.29 is 9.59 Å². The van der Waals surface area contributed by atoms with E-state index in [0.29, 0.717) is 18.3 Å². The summed E-state index contributed by atoms with van der Waals surface area (Å²) in [6, 6.07) is 0. The normalized spacial score (nSPS) is 11.6. The van der Waals surface area contributed by atoms with E-state index in [-0.39, 0.29) is 11.7 Å². The van der Waals surface area contributed by atoms with Gasteiger partial charge in [-0.3, -0.25) is 9.59 Å². The number of carbonyl (C=O) groups is 2. The van der Waals surface area contributed by atoms with E-state index in [2.05, 4.69) is 62.1 Å². The number of thioether (sulfide) groups is 1. The fourth-order valence-electron chi connectivity index (χ4n) is 3.95. The molecule has 0 saturated carbocycles. The van der Waals surface area contributed by atoms with E-state index in [4.69, 9.17) is 0 Å². The molecular weight excluding hydrogens is 539 g/mol. The molecule has 6 heteroatoms. The van der Waals surface area contributed by atoms with Crippen LogP contribution in [0.1, 0.15) is 109 Å². The summed E-state index contributed by atoms with van der Waals surface area (Å²) >= 11 is 4.93. The zero-order valence-electron chi connectivity index (χ0n) is 24.8. The van der Waals surface area contributed by atoms with Crippen molar-refractivity contribution in [2.45, 2.75) is 104 Å². The minimum Gasteiger partial charge on any atom is -0.345 e. The Hall–Kier alpha value is -1.99. The Morgan fingerprint density at radius 3 is 2.05 bits per heavy atom. The topological polar surface area (TPSA) is 46.2 Å².